The fraction of sp³-hybridized carbons (Fsp3) is 0.160. The zero-order chi connectivity index (χ0) is 24.5. The van der Waals surface area contributed by atoms with Gasteiger partial charge in [-0.3, -0.25) is 15.1 Å². The number of amidine groups is 1. The molecule has 0 saturated carbocycles. The van der Waals surface area contributed by atoms with E-state index in [2.05, 4.69) is 0 Å². The lowest BCUT2D eigenvalue weighted by molar-refractivity contribution is -0.134. The molecule has 3 aromatic carbocycles. The van der Waals surface area contributed by atoms with Crippen molar-refractivity contribution < 1.29 is 28.9 Å². The molecule has 1 unspecified atom stereocenters. The number of aliphatic carboxylic acids is 1. The molecule has 1 fully saturated rings. The van der Waals surface area contributed by atoms with Gasteiger partial charge in [-0.2, -0.15) is 0 Å². The average Bonchev–Trinajstić information content (AvgIpc) is 3.19. The van der Waals surface area contributed by atoms with Gasteiger partial charge in [0.05, 0.1) is 6.54 Å². The first-order valence-corrected chi connectivity index (χ1v) is 10.4. The molecule has 0 radical (unpaired) electrons. The molecule has 9 heteroatoms. The van der Waals surface area contributed by atoms with E-state index in [4.69, 9.17) is 35.3 Å². The lowest BCUT2D eigenvalue weighted by atomic mass is 10.2. The maximum absolute atomic E-state index is 12.2. The highest BCUT2D eigenvalue weighted by Crippen LogP contribution is 2.25. The summed E-state index contributed by atoms with van der Waals surface area (Å²) in [5.41, 5.74) is 6.76. The maximum atomic E-state index is 12.2. The minimum Gasteiger partial charge on any atom is -0.490 e. The topological polar surface area (TPSA) is 135 Å². The molecule has 1 amide bonds. The third-order valence-corrected chi connectivity index (χ3v) is 4.60. The number of benzene rings is 3. The number of carboxylic acids is 1. The number of amides is 1. The average molecular weight is 463 g/mol. The molecule has 0 aliphatic carbocycles. The largest absolute Gasteiger partial charge is 0.490 e. The van der Waals surface area contributed by atoms with Crippen molar-refractivity contribution in [2.45, 2.75) is 13.0 Å². The molecule has 0 aromatic heterocycles. The number of carbonyl (C=O) groups excluding carboxylic acids is 1. The van der Waals surface area contributed by atoms with Gasteiger partial charge in [0.15, 0.2) is 6.10 Å². The first kappa shape index (κ1) is 24.1. The SMILES string of the molecule is CC(=O)O.N=C(N)c1ccc(N2CC(COc3ccc(Oc4ccccc4)cc3)OC2=O)cc1. The number of nitrogens with two attached hydrogens (primary N) is 1. The first-order valence-electron chi connectivity index (χ1n) is 10.4. The van der Waals surface area contributed by atoms with Crippen molar-refractivity contribution in [1.82, 2.24) is 0 Å². The van der Waals surface area contributed by atoms with E-state index in [1.54, 1.807) is 24.3 Å². The summed E-state index contributed by atoms with van der Waals surface area (Å²) in [5.74, 6) is 1.29. The zero-order valence-electron chi connectivity index (χ0n) is 18.5. The molecule has 34 heavy (non-hydrogen) atoms. The van der Waals surface area contributed by atoms with Gasteiger partial charge in [0.1, 0.15) is 29.7 Å². The van der Waals surface area contributed by atoms with E-state index in [-0.39, 0.29) is 18.5 Å². The number of nitrogens with zero attached hydrogens (tertiary/aromatic N) is 1. The lowest BCUT2D eigenvalue weighted by Gasteiger charge is -2.14. The number of para-hydroxylation sites is 1. The number of cyclic esters (lactones) is 1. The Labute approximate surface area is 196 Å². The van der Waals surface area contributed by atoms with Crippen molar-refractivity contribution in [3.05, 3.63) is 84.4 Å². The van der Waals surface area contributed by atoms with Crippen LogP contribution in [0.1, 0.15) is 12.5 Å². The predicted molar refractivity (Wildman–Crippen MR) is 127 cm³/mol. The number of carbonyl (C=O) groups is 2. The number of anilines is 1. The van der Waals surface area contributed by atoms with E-state index in [9.17, 15) is 4.79 Å². The Hall–Kier alpha value is -4.53. The van der Waals surface area contributed by atoms with Crippen LogP contribution in [-0.4, -0.2) is 42.3 Å². The van der Waals surface area contributed by atoms with Crippen molar-refractivity contribution in [1.29, 1.82) is 5.41 Å². The molecule has 4 rings (SSSR count). The van der Waals surface area contributed by atoms with E-state index >= 15 is 0 Å². The molecule has 1 aliphatic rings. The summed E-state index contributed by atoms with van der Waals surface area (Å²) in [6.07, 6.45) is -0.809. The van der Waals surface area contributed by atoms with E-state index in [1.807, 2.05) is 54.6 Å². The van der Waals surface area contributed by atoms with Crippen molar-refractivity contribution in [3.8, 4) is 17.2 Å². The summed E-state index contributed by atoms with van der Waals surface area (Å²) < 4.78 is 16.9. The summed E-state index contributed by atoms with van der Waals surface area (Å²) in [6.45, 7) is 1.71. The second-order valence-electron chi connectivity index (χ2n) is 7.29. The van der Waals surface area contributed by atoms with Crippen LogP contribution in [0.25, 0.3) is 0 Å². The van der Waals surface area contributed by atoms with Crippen LogP contribution in [0.5, 0.6) is 17.2 Å². The Bertz CT molecular complexity index is 1110. The summed E-state index contributed by atoms with van der Waals surface area (Å²) in [7, 11) is 0. The van der Waals surface area contributed by atoms with Gasteiger partial charge in [0.2, 0.25) is 0 Å². The Morgan fingerprint density at radius 3 is 2.18 bits per heavy atom. The molecule has 176 valence electrons. The minimum absolute atomic E-state index is 0.0167. The van der Waals surface area contributed by atoms with Gasteiger partial charge in [0.25, 0.3) is 5.97 Å². The smallest absolute Gasteiger partial charge is 0.414 e. The Balaban J connectivity index is 0.000000751. The number of nitrogen functional groups attached to an aromatic ring is 1. The Morgan fingerprint density at radius 2 is 1.59 bits per heavy atom. The highest BCUT2D eigenvalue weighted by molar-refractivity contribution is 5.96. The molecule has 0 spiro atoms. The zero-order valence-corrected chi connectivity index (χ0v) is 18.5. The fourth-order valence-electron chi connectivity index (χ4n) is 3.06. The van der Waals surface area contributed by atoms with E-state index in [0.717, 1.165) is 12.7 Å². The number of rotatable bonds is 7. The van der Waals surface area contributed by atoms with Crippen molar-refractivity contribution in [2.24, 2.45) is 5.73 Å². The highest BCUT2D eigenvalue weighted by atomic mass is 16.6. The van der Waals surface area contributed by atoms with Gasteiger partial charge in [0, 0.05) is 18.2 Å². The first-order chi connectivity index (χ1) is 16.3. The van der Waals surface area contributed by atoms with Gasteiger partial charge in [-0.25, -0.2) is 4.79 Å². The maximum Gasteiger partial charge on any atom is 0.414 e. The molecule has 0 bridgehead atoms. The molecular formula is C25H25N3O6. The molecule has 9 nitrogen and oxygen atoms in total. The van der Waals surface area contributed by atoms with Gasteiger partial charge in [-0.1, -0.05) is 18.2 Å². The quantitative estimate of drug-likeness (QED) is 0.352. The predicted octanol–water partition coefficient (Wildman–Crippen LogP) is 4.26. The number of hydrogen-bond donors (Lipinski definition) is 3. The van der Waals surface area contributed by atoms with Crippen molar-refractivity contribution in [3.63, 3.8) is 0 Å². The number of nitrogens with one attached hydrogen (secondary N) is 1. The monoisotopic (exact) mass is 463 g/mol. The van der Waals surface area contributed by atoms with Gasteiger partial charge >= 0.3 is 6.09 Å². The summed E-state index contributed by atoms with van der Waals surface area (Å²) in [5, 5.41) is 14.9. The normalized spacial score (nSPS) is 14.4. The Morgan fingerprint density at radius 1 is 1.03 bits per heavy atom. The molecule has 3 aromatic rings. The van der Waals surface area contributed by atoms with E-state index < -0.39 is 12.1 Å². The van der Waals surface area contributed by atoms with Crippen LogP contribution in [-0.2, 0) is 9.53 Å². The molecule has 1 atom stereocenters. The molecule has 1 saturated heterocycles. The lowest BCUT2D eigenvalue weighted by Crippen LogP contribution is -2.26. The van der Waals surface area contributed by atoms with Crippen LogP contribution >= 0.6 is 0 Å². The number of carboxylic acid groups (broad SMARTS) is 1. The van der Waals surface area contributed by atoms with Crippen LogP contribution in [0.3, 0.4) is 0 Å². The molecule has 1 aliphatic heterocycles. The van der Waals surface area contributed by atoms with Gasteiger partial charge in [-0.05, 0) is 60.7 Å². The van der Waals surface area contributed by atoms with Crippen LogP contribution in [0.4, 0.5) is 10.5 Å². The van der Waals surface area contributed by atoms with Crippen LogP contribution in [0.15, 0.2) is 78.9 Å². The summed E-state index contributed by atoms with van der Waals surface area (Å²) in [4.78, 5) is 22.7. The molecular weight excluding hydrogens is 438 g/mol. The molecule has 4 N–H and O–H groups in total. The van der Waals surface area contributed by atoms with Crippen LogP contribution in [0.2, 0.25) is 0 Å². The number of hydrogen-bond acceptors (Lipinski definition) is 6. The number of ether oxygens (including phenoxy) is 3. The third kappa shape index (κ3) is 6.99. The highest BCUT2D eigenvalue weighted by Gasteiger charge is 2.32. The van der Waals surface area contributed by atoms with Crippen LogP contribution < -0.4 is 20.1 Å². The third-order valence-electron chi connectivity index (χ3n) is 4.60. The molecule has 1 heterocycles. The Kier molecular flexibility index (Phi) is 8.07. The van der Waals surface area contributed by atoms with Crippen molar-refractivity contribution >= 4 is 23.6 Å². The standard InChI is InChI=1S/C23H21N3O4.C2H4O2/c24-22(25)16-6-8-17(9-7-16)26-14-21(30-23(26)27)15-28-18-10-12-20(13-11-18)29-19-4-2-1-3-5-19;1-2(3)4/h1-13,21H,14-15H2,(H3,24,25);1H3,(H,3,4). The fourth-order valence-corrected chi connectivity index (χ4v) is 3.06. The minimum atomic E-state index is -0.833. The summed E-state index contributed by atoms with van der Waals surface area (Å²) in [6, 6.07) is 23.7. The van der Waals surface area contributed by atoms with Gasteiger partial charge < -0.3 is 25.1 Å². The second-order valence-corrected chi connectivity index (χ2v) is 7.29. The van der Waals surface area contributed by atoms with Crippen LogP contribution in [0, 0.1) is 5.41 Å². The van der Waals surface area contributed by atoms with Gasteiger partial charge in [-0.15, -0.1) is 0 Å². The van der Waals surface area contributed by atoms with E-state index in [1.165, 1.54) is 4.90 Å². The van der Waals surface area contributed by atoms with Crippen molar-refractivity contribution in [2.75, 3.05) is 18.1 Å². The second kappa shape index (κ2) is 11.4. The van der Waals surface area contributed by atoms with E-state index in [0.29, 0.717) is 29.3 Å². The summed E-state index contributed by atoms with van der Waals surface area (Å²) >= 11 is 0.